The van der Waals surface area contributed by atoms with Crippen molar-refractivity contribution in [2.75, 3.05) is 5.32 Å². The predicted molar refractivity (Wildman–Crippen MR) is 85.1 cm³/mol. The fraction of sp³-hybridized carbons (Fsp3) is 0.429. The van der Waals surface area contributed by atoms with E-state index in [1.807, 2.05) is 24.3 Å². The molecule has 0 radical (unpaired) electrons. The number of halogens is 1. The number of rotatable bonds is 2. The fourth-order valence-electron chi connectivity index (χ4n) is 2.31. The van der Waals surface area contributed by atoms with Crippen molar-refractivity contribution in [2.45, 2.75) is 32.1 Å². The molecule has 102 valence electrons. The van der Waals surface area contributed by atoms with E-state index >= 15 is 0 Å². The van der Waals surface area contributed by atoms with E-state index in [4.69, 9.17) is 12.2 Å². The third-order valence-electron chi connectivity index (χ3n) is 3.30. The van der Waals surface area contributed by atoms with Gasteiger partial charge in [-0.2, -0.15) is 0 Å². The number of benzene rings is 1. The van der Waals surface area contributed by atoms with Crippen molar-refractivity contribution in [3.63, 3.8) is 0 Å². The Hall–Kier alpha value is -0.940. The summed E-state index contributed by atoms with van der Waals surface area (Å²) >= 11 is 8.56. The second kappa shape index (κ2) is 7.01. The van der Waals surface area contributed by atoms with Gasteiger partial charge in [0.05, 0.1) is 0 Å². The van der Waals surface area contributed by atoms with Crippen molar-refractivity contribution in [2.24, 2.45) is 5.92 Å². The van der Waals surface area contributed by atoms with Crippen LogP contribution in [0, 0.1) is 5.92 Å². The number of carbonyl (C=O) groups is 1. The van der Waals surface area contributed by atoms with Gasteiger partial charge in [-0.15, -0.1) is 0 Å². The van der Waals surface area contributed by atoms with E-state index in [1.165, 1.54) is 6.42 Å². The van der Waals surface area contributed by atoms with Crippen molar-refractivity contribution < 1.29 is 4.79 Å². The third kappa shape index (κ3) is 4.58. The van der Waals surface area contributed by atoms with Gasteiger partial charge < -0.3 is 10.6 Å². The minimum absolute atomic E-state index is 0.0483. The second-order valence-electron chi connectivity index (χ2n) is 4.79. The van der Waals surface area contributed by atoms with Crippen molar-refractivity contribution >= 4 is 44.9 Å². The van der Waals surface area contributed by atoms with Gasteiger partial charge >= 0.3 is 0 Å². The molecule has 1 fully saturated rings. The van der Waals surface area contributed by atoms with Gasteiger partial charge in [0.15, 0.2) is 5.11 Å². The summed E-state index contributed by atoms with van der Waals surface area (Å²) in [5.41, 5.74) is 0.864. The Balaban J connectivity index is 1.85. The molecule has 0 spiro atoms. The number of amides is 1. The quantitative estimate of drug-likeness (QED) is 0.803. The number of hydrogen-bond donors (Lipinski definition) is 2. The topological polar surface area (TPSA) is 41.1 Å². The van der Waals surface area contributed by atoms with Crippen LogP contribution in [0.15, 0.2) is 28.7 Å². The molecule has 3 nitrogen and oxygen atoms in total. The Kier molecular flexibility index (Phi) is 5.34. The summed E-state index contributed by atoms with van der Waals surface area (Å²) in [5.74, 6) is 0.170. The van der Waals surface area contributed by atoms with Crippen LogP contribution in [0.2, 0.25) is 0 Å². The molecular formula is C14H17BrN2OS. The highest BCUT2D eigenvalue weighted by Gasteiger charge is 2.21. The lowest BCUT2D eigenvalue weighted by molar-refractivity contribution is -0.124. The van der Waals surface area contributed by atoms with Gasteiger partial charge in [0.25, 0.3) is 0 Å². The second-order valence-corrected chi connectivity index (χ2v) is 6.11. The summed E-state index contributed by atoms with van der Waals surface area (Å²) in [4.78, 5) is 12.0. The summed E-state index contributed by atoms with van der Waals surface area (Å²) in [5, 5.41) is 6.18. The standard InChI is InChI=1S/C14H17BrN2OS/c15-11-7-4-8-12(9-11)16-14(19)17-13(18)10-5-2-1-3-6-10/h4,7-10H,1-3,5-6H2,(H2,16,17,18,19). The molecule has 2 N–H and O–H groups in total. The van der Waals surface area contributed by atoms with E-state index in [0.29, 0.717) is 5.11 Å². The molecule has 0 heterocycles. The third-order valence-corrected chi connectivity index (χ3v) is 3.99. The van der Waals surface area contributed by atoms with E-state index in [1.54, 1.807) is 0 Å². The predicted octanol–water partition coefficient (Wildman–Crippen LogP) is 3.84. The van der Waals surface area contributed by atoms with Gasteiger partial charge in [-0.3, -0.25) is 4.79 Å². The lowest BCUT2D eigenvalue weighted by Crippen LogP contribution is -2.38. The largest absolute Gasteiger partial charge is 0.332 e. The monoisotopic (exact) mass is 340 g/mol. The average molecular weight is 341 g/mol. The average Bonchev–Trinajstić information content (AvgIpc) is 2.39. The van der Waals surface area contributed by atoms with E-state index in [2.05, 4.69) is 26.6 Å². The zero-order chi connectivity index (χ0) is 13.7. The Morgan fingerprint density at radius 2 is 2.00 bits per heavy atom. The van der Waals surface area contributed by atoms with Gasteiger partial charge in [0, 0.05) is 16.1 Å². The van der Waals surface area contributed by atoms with Gasteiger partial charge in [-0.1, -0.05) is 41.3 Å². The van der Waals surface area contributed by atoms with Crippen molar-refractivity contribution in [1.82, 2.24) is 5.32 Å². The van der Waals surface area contributed by atoms with E-state index in [0.717, 1.165) is 35.8 Å². The molecule has 5 heteroatoms. The normalized spacial score (nSPS) is 15.8. The van der Waals surface area contributed by atoms with Crippen LogP contribution in [0.25, 0.3) is 0 Å². The molecule has 0 bridgehead atoms. The molecule has 0 aliphatic heterocycles. The first-order chi connectivity index (χ1) is 9.15. The van der Waals surface area contributed by atoms with Gasteiger partial charge in [0.1, 0.15) is 0 Å². The molecule has 1 aromatic rings. The van der Waals surface area contributed by atoms with Crippen LogP contribution in [0.3, 0.4) is 0 Å². The lowest BCUT2D eigenvalue weighted by atomic mass is 9.89. The van der Waals surface area contributed by atoms with Gasteiger partial charge in [-0.25, -0.2) is 0 Å². The van der Waals surface area contributed by atoms with Crippen LogP contribution in [-0.4, -0.2) is 11.0 Å². The molecule has 0 saturated heterocycles. The highest BCUT2D eigenvalue weighted by atomic mass is 79.9. The Bertz CT molecular complexity index is 472. The first-order valence-corrected chi connectivity index (χ1v) is 7.73. The van der Waals surface area contributed by atoms with Crippen LogP contribution in [-0.2, 0) is 4.79 Å². The highest BCUT2D eigenvalue weighted by molar-refractivity contribution is 9.10. The zero-order valence-electron chi connectivity index (χ0n) is 10.6. The summed E-state index contributed by atoms with van der Waals surface area (Å²) in [6, 6.07) is 7.68. The van der Waals surface area contributed by atoms with Gasteiger partial charge in [-0.05, 0) is 43.3 Å². The first kappa shape index (κ1) is 14.5. The maximum absolute atomic E-state index is 12.0. The number of carbonyl (C=O) groups excluding carboxylic acids is 1. The molecule has 0 aromatic heterocycles. The number of nitrogens with one attached hydrogen (secondary N) is 2. The van der Waals surface area contributed by atoms with Crippen LogP contribution in [0.5, 0.6) is 0 Å². The highest BCUT2D eigenvalue weighted by Crippen LogP contribution is 2.23. The minimum Gasteiger partial charge on any atom is -0.332 e. The molecule has 1 saturated carbocycles. The maximum atomic E-state index is 12.0. The number of thiocarbonyl (C=S) groups is 1. The fourth-order valence-corrected chi connectivity index (χ4v) is 2.92. The summed E-state index contributed by atoms with van der Waals surface area (Å²) < 4.78 is 0.971. The first-order valence-electron chi connectivity index (χ1n) is 6.52. The van der Waals surface area contributed by atoms with E-state index < -0.39 is 0 Å². The van der Waals surface area contributed by atoms with Crippen LogP contribution in [0.1, 0.15) is 32.1 Å². The van der Waals surface area contributed by atoms with E-state index in [9.17, 15) is 4.79 Å². The van der Waals surface area contributed by atoms with Crippen molar-refractivity contribution in [3.05, 3.63) is 28.7 Å². The Morgan fingerprint density at radius 3 is 2.68 bits per heavy atom. The smallest absolute Gasteiger partial charge is 0.229 e. The number of hydrogen-bond acceptors (Lipinski definition) is 2. The van der Waals surface area contributed by atoms with E-state index in [-0.39, 0.29) is 11.8 Å². The molecule has 1 aliphatic carbocycles. The summed E-state index contributed by atoms with van der Waals surface area (Å²) in [6.07, 6.45) is 5.48. The molecule has 1 aliphatic rings. The van der Waals surface area contributed by atoms with Crippen LogP contribution >= 0.6 is 28.1 Å². The molecular weight excluding hydrogens is 324 g/mol. The molecule has 1 aromatic carbocycles. The van der Waals surface area contributed by atoms with Gasteiger partial charge in [0.2, 0.25) is 5.91 Å². The maximum Gasteiger partial charge on any atom is 0.229 e. The van der Waals surface area contributed by atoms with Crippen molar-refractivity contribution in [3.8, 4) is 0 Å². The molecule has 19 heavy (non-hydrogen) atoms. The SMILES string of the molecule is O=C(NC(=S)Nc1cccc(Br)c1)C1CCCCC1. The summed E-state index contributed by atoms with van der Waals surface area (Å²) in [7, 11) is 0. The zero-order valence-corrected chi connectivity index (χ0v) is 13.0. The Morgan fingerprint density at radius 1 is 1.26 bits per heavy atom. The minimum atomic E-state index is 0.0483. The Labute approximate surface area is 127 Å². The van der Waals surface area contributed by atoms with Crippen LogP contribution in [0.4, 0.5) is 5.69 Å². The van der Waals surface area contributed by atoms with Crippen LogP contribution < -0.4 is 10.6 Å². The molecule has 2 rings (SSSR count). The molecule has 1 amide bonds. The number of anilines is 1. The lowest BCUT2D eigenvalue weighted by Gasteiger charge is -2.21. The molecule has 0 unspecified atom stereocenters. The van der Waals surface area contributed by atoms with Crippen molar-refractivity contribution in [1.29, 1.82) is 0 Å². The molecule has 0 atom stereocenters. The summed E-state index contributed by atoms with van der Waals surface area (Å²) in [6.45, 7) is 0.